The molecule has 4 heteroatoms. The molecule has 17 heavy (non-hydrogen) atoms. The van der Waals surface area contributed by atoms with Crippen molar-refractivity contribution in [3.63, 3.8) is 0 Å². The summed E-state index contributed by atoms with van der Waals surface area (Å²) in [6.45, 7) is 1.69. The van der Waals surface area contributed by atoms with Crippen LogP contribution in [0.4, 0.5) is 0 Å². The van der Waals surface area contributed by atoms with Crippen LogP contribution >= 0.6 is 11.8 Å². The predicted molar refractivity (Wildman–Crippen MR) is 68.9 cm³/mol. The summed E-state index contributed by atoms with van der Waals surface area (Å²) in [6.07, 6.45) is 1.40. The number of aliphatic carboxylic acids is 1. The molecule has 2 atom stereocenters. The molecule has 3 nitrogen and oxygen atoms in total. The molecule has 0 aromatic heterocycles. The van der Waals surface area contributed by atoms with Gasteiger partial charge in [0.2, 0.25) is 0 Å². The van der Waals surface area contributed by atoms with E-state index in [9.17, 15) is 4.79 Å². The van der Waals surface area contributed by atoms with Crippen LogP contribution in [0.2, 0.25) is 0 Å². The van der Waals surface area contributed by atoms with Crippen molar-refractivity contribution in [2.75, 3.05) is 11.5 Å². The van der Waals surface area contributed by atoms with Gasteiger partial charge in [0.1, 0.15) is 11.9 Å². The molecule has 1 aromatic carbocycles. The molecular weight excluding hydrogens is 236 g/mol. The highest BCUT2D eigenvalue weighted by Crippen LogP contribution is 2.24. The van der Waals surface area contributed by atoms with E-state index in [0.29, 0.717) is 6.10 Å². The van der Waals surface area contributed by atoms with Crippen LogP contribution in [0.5, 0.6) is 5.75 Å². The molecule has 0 saturated carbocycles. The molecule has 0 spiro atoms. The first kappa shape index (κ1) is 12.3. The second kappa shape index (κ2) is 5.45. The van der Waals surface area contributed by atoms with Crippen LogP contribution in [-0.2, 0) is 4.79 Å². The minimum Gasteiger partial charge on any atom is -0.490 e. The third-order valence-corrected chi connectivity index (χ3v) is 4.07. The fourth-order valence-electron chi connectivity index (χ4n) is 1.78. The van der Waals surface area contributed by atoms with Crippen molar-refractivity contribution in [1.29, 1.82) is 0 Å². The van der Waals surface area contributed by atoms with E-state index < -0.39 is 11.9 Å². The number of benzene rings is 1. The lowest BCUT2D eigenvalue weighted by molar-refractivity contribution is -0.138. The normalized spacial score (nSPS) is 21.1. The number of hydrogen-bond acceptors (Lipinski definition) is 3. The van der Waals surface area contributed by atoms with Crippen molar-refractivity contribution in [2.45, 2.75) is 25.4 Å². The maximum atomic E-state index is 10.8. The van der Waals surface area contributed by atoms with Crippen molar-refractivity contribution in [3.8, 4) is 5.75 Å². The Balaban J connectivity index is 1.99. The van der Waals surface area contributed by atoms with Crippen molar-refractivity contribution in [3.05, 3.63) is 29.8 Å². The molecule has 0 aliphatic carbocycles. The van der Waals surface area contributed by atoms with E-state index in [0.717, 1.165) is 23.5 Å². The zero-order valence-corrected chi connectivity index (χ0v) is 10.6. The molecule has 1 fully saturated rings. The van der Waals surface area contributed by atoms with Crippen molar-refractivity contribution >= 4 is 17.7 Å². The van der Waals surface area contributed by atoms with Gasteiger partial charge in [0.25, 0.3) is 0 Å². The average Bonchev–Trinajstić information content (AvgIpc) is 2.82. The van der Waals surface area contributed by atoms with Gasteiger partial charge in [0.05, 0.1) is 5.92 Å². The van der Waals surface area contributed by atoms with Gasteiger partial charge in [-0.05, 0) is 36.8 Å². The first-order valence-corrected chi connectivity index (χ1v) is 6.89. The molecule has 1 aliphatic heterocycles. The minimum absolute atomic E-state index is 0.308. The molecule has 2 unspecified atom stereocenters. The number of hydrogen-bond donors (Lipinski definition) is 1. The van der Waals surface area contributed by atoms with Crippen LogP contribution < -0.4 is 4.74 Å². The van der Waals surface area contributed by atoms with Gasteiger partial charge in [-0.3, -0.25) is 4.79 Å². The van der Waals surface area contributed by atoms with Crippen LogP contribution in [0, 0.1) is 0 Å². The lowest BCUT2D eigenvalue weighted by Gasteiger charge is -2.13. The molecular formula is C13H16O3S. The fraction of sp³-hybridized carbons (Fsp3) is 0.462. The Bertz CT molecular complexity index is 382. The molecule has 0 amide bonds. The number of rotatable bonds is 4. The Labute approximate surface area is 105 Å². The lowest BCUT2D eigenvalue weighted by atomic mass is 10.0. The van der Waals surface area contributed by atoms with Gasteiger partial charge in [0.15, 0.2) is 0 Å². The van der Waals surface area contributed by atoms with Gasteiger partial charge < -0.3 is 9.84 Å². The summed E-state index contributed by atoms with van der Waals surface area (Å²) in [4.78, 5) is 10.8. The summed E-state index contributed by atoms with van der Waals surface area (Å²) >= 11 is 1.91. The largest absolute Gasteiger partial charge is 0.490 e. The number of carbonyl (C=O) groups is 1. The van der Waals surface area contributed by atoms with E-state index in [1.807, 2.05) is 36.0 Å². The summed E-state index contributed by atoms with van der Waals surface area (Å²) in [7, 11) is 0. The second-order valence-corrected chi connectivity index (χ2v) is 5.38. The number of carboxylic acid groups (broad SMARTS) is 1. The summed E-state index contributed by atoms with van der Waals surface area (Å²) < 4.78 is 5.80. The van der Waals surface area contributed by atoms with Crippen molar-refractivity contribution < 1.29 is 14.6 Å². The Morgan fingerprint density at radius 2 is 2.18 bits per heavy atom. The predicted octanol–water partition coefficient (Wildman–Crippen LogP) is 2.76. The second-order valence-electron chi connectivity index (χ2n) is 4.23. The summed E-state index contributed by atoms with van der Waals surface area (Å²) in [5.74, 6) is 1.78. The van der Waals surface area contributed by atoms with Crippen LogP contribution in [0.25, 0.3) is 0 Å². The third-order valence-electron chi connectivity index (χ3n) is 2.94. The molecule has 0 radical (unpaired) electrons. The number of thioether (sulfide) groups is 1. The smallest absolute Gasteiger partial charge is 0.310 e. The fourth-order valence-corrected chi connectivity index (χ4v) is 2.87. The zero-order chi connectivity index (χ0) is 12.3. The van der Waals surface area contributed by atoms with E-state index in [1.54, 1.807) is 6.92 Å². The van der Waals surface area contributed by atoms with Crippen LogP contribution in [0.1, 0.15) is 24.8 Å². The van der Waals surface area contributed by atoms with Crippen molar-refractivity contribution in [2.24, 2.45) is 0 Å². The van der Waals surface area contributed by atoms with Gasteiger partial charge in [-0.2, -0.15) is 11.8 Å². The number of carboxylic acids is 1. The van der Waals surface area contributed by atoms with Gasteiger partial charge in [-0.25, -0.2) is 0 Å². The first-order chi connectivity index (χ1) is 8.16. The molecule has 1 aromatic rings. The highest BCUT2D eigenvalue weighted by atomic mass is 32.2. The van der Waals surface area contributed by atoms with Gasteiger partial charge in [0, 0.05) is 5.75 Å². The number of ether oxygens (including phenoxy) is 1. The Morgan fingerprint density at radius 3 is 2.71 bits per heavy atom. The minimum atomic E-state index is -0.800. The Hall–Kier alpha value is -1.16. The van der Waals surface area contributed by atoms with E-state index in [1.165, 1.54) is 5.75 Å². The van der Waals surface area contributed by atoms with E-state index in [4.69, 9.17) is 9.84 Å². The maximum absolute atomic E-state index is 10.8. The molecule has 1 aliphatic rings. The van der Waals surface area contributed by atoms with Crippen LogP contribution in [0.15, 0.2) is 24.3 Å². The lowest BCUT2D eigenvalue weighted by Crippen LogP contribution is -2.14. The van der Waals surface area contributed by atoms with Crippen LogP contribution in [0.3, 0.4) is 0 Å². The average molecular weight is 252 g/mol. The summed E-state index contributed by atoms with van der Waals surface area (Å²) in [5.41, 5.74) is 0.811. The van der Waals surface area contributed by atoms with E-state index in [2.05, 4.69) is 0 Å². The van der Waals surface area contributed by atoms with Crippen LogP contribution in [-0.4, -0.2) is 28.7 Å². The standard InChI is InChI=1S/C13H16O3S/c1-9(13(14)15)10-2-4-11(5-3-10)16-12-6-7-17-8-12/h2-5,9,12H,6-8H2,1H3,(H,14,15). The summed E-state index contributed by atoms with van der Waals surface area (Å²) in [6, 6.07) is 7.38. The van der Waals surface area contributed by atoms with Gasteiger partial charge >= 0.3 is 5.97 Å². The molecule has 92 valence electrons. The Morgan fingerprint density at radius 1 is 1.47 bits per heavy atom. The quantitative estimate of drug-likeness (QED) is 0.895. The highest BCUT2D eigenvalue weighted by molar-refractivity contribution is 7.99. The Kier molecular flexibility index (Phi) is 3.94. The highest BCUT2D eigenvalue weighted by Gasteiger charge is 2.17. The molecule has 2 rings (SSSR count). The molecule has 1 heterocycles. The molecule has 1 N–H and O–H groups in total. The van der Waals surface area contributed by atoms with E-state index >= 15 is 0 Å². The van der Waals surface area contributed by atoms with Gasteiger partial charge in [-0.15, -0.1) is 0 Å². The maximum Gasteiger partial charge on any atom is 0.310 e. The SMILES string of the molecule is CC(C(=O)O)c1ccc(OC2CCSC2)cc1. The molecule has 0 bridgehead atoms. The third kappa shape index (κ3) is 3.16. The first-order valence-electron chi connectivity index (χ1n) is 5.74. The van der Waals surface area contributed by atoms with E-state index in [-0.39, 0.29) is 0 Å². The van der Waals surface area contributed by atoms with Crippen molar-refractivity contribution in [1.82, 2.24) is 0 Å². The monoisotopic (exact) mass is 252 g/mol. The zero-order valence-electron chi connectivity index (χ0n) is 9.76. The summed E-state index contributed by atoms with van der Waals surface area (Å²) in [5, 5.41) is 8.90. The molecule has 1 saturated heterocycles. The van der Waals surface area contributed by atoms with Gasteiger partial charge in [-0.1, -0.05) is 12.1 Å². The topological polar surface area (TPSA) is 46.5 Å².